The van der Waals surface area contributed by atoms with Gasteiger partial charge in [-0.3, -0.25) is 14.5 Å². The summed E-state index contributed by atoms with van der Waals surface area (Å²) in [6, 6.07) is 5.13. The summed E-state index contributed by atoms with van der Waals surface area (Å²) in [5.41, 5.74) is -0.317. The molecule has 0 N–H and O–H groups in total. The van der Waals surface area contributed by atoms with E-state index in [-0.39, 0.29) is 35.8 Å². The third-order valence-corrected chi connectivity index (χ3v) is 5.49. The van der Waals surface area contributed by atoms with Crippen LogP contribution in [0.1, 0.15) is 18.1 Å². The Balaban J connectivity index is 1.81. The standard InChI is InChI=1S/C21H20ClF4N3O3/c1-13(15-10-32-11-15)29(8-14-2-4-16(5-3-14)21(24,25)26)19(31)9-28(12-30)20-18(23)6-17(22)7-27-20/h2-7,12-13,15H,8-11H2,1H3. The van der Waals surface area contributed by atoms with Crippen molar-refractivity contribution in [3.63, 3.8) is 0 Å². The van der Waals surface area contributed by atoms with E-state index in [1.165, 1.54) is 17.0 Å². The van der Waals surface area contributed by atoms with Crippen LogP contribution in [0, 0.1) is 11.7 Å². The van der Waals surface area contributed by atoms with Gasteiger partial charge < -0.3 is 9.64 Å². The van der Waals surface area contributed by atoms with Crippen molar-refractivity contribution in [1.29, 1.82) is 0 Å². The molecule has 1 unspecified atom stereocenters. The Morgan fingerprint density at radius 1 is 1.31 bits per heavy atom. The van der Waals surface area contributed by atoms with Gasteiger partial charge in [-0.25, -0.2) is 9.37 Å². The van der Waals surface area contributed by atoms with Crippen LogP contribution in [0.25, 0.3) is 0 Å². The summed E-state index contributed by atoms with van der Waals surface area (Å²) in [7, 11) is 0. The number of carbonyl (C=O) groups excluding carboxylic acids is 2. The van der Waals surface area contributed by atoms with Crippen molar-refractivity contribution in [2.45, 2.75) is 25.7 Å². The quantitative estimate of drug-likeness (QED) is 0.431. The van der Waals surface area contributed by atoms with Gasteiger partial charge in [0.2, 0.25) is 12.3 Å². The highest BCUT2D eigenvalue weighted by Crippen LogP contribution is 2.30. The van der Waals surface area contributed by atoms with Crippen LogP contribution in [-0.2, 0) is 27.0 Å². The van der Waals surface area contributed by atoms with Crippen molar-refractivity contribution < 1.29 is 31.9 Å². The lowest BCUT2D eigenvalue weighted by Gasteiger charge is -2.39. The number of hydrogen-bond acceptors (Lipinski definition) is 4. The van der Waals surface area contributed by atoms with Crippen molar-refractivity contribution >= 4 is 29.7 Å². The van der Waals surface area contributed by atoms with Gasteiger partial charge in [-0.15, -0.1) is 0 Å². The van der Waals surface area contributed by atoms with Crippen molar-refractivity contribution in [2.24, 2.45) is 5.92 Å². The molecule has 1 atom stereocenters. The second-order valence-corrected chi connectivity index (χ2v) is 7.88. The predicted molar refractivity (Wildman–Crippen MR) is 108 cm³/mol. The second kappa shape index (κ2) is 9.83. The summed E-state index contributed by atoms with van der Waals surface area (Å²) in [6.45, 7) is 2.17. The number of nitrogens with zero attached hydrogens (tertiary/aromatic N) is 3. The lowest BCUT2D eigenvalue weighted by molar-refractivity contribution is -0.140. The zero-order chi connectivity index (χ0) is 23.5. The third-order valence-electron chi connectivity index (χ3n) is 5.29. The van der Waals surface area contributed by atoms with Gasteiger partial charge in [0.25, 0.3) is 0 Å². The first-order valence-corrected chi connectivity index (χ1v) is 10.0. The van der Waals surface area contributed by atoms with E-state index in [1.807, 2.05) is 0 Å². The highest BCUT2D eigenvalue weighted by molar-refractivity contribution is 6.30. The molecule has 0 bridgehead atoms. The molecular formula is C21H20ClF4N3O3. The number of carbonyl (C=O) groups is 2. The number of benzene rings is 1. The van der Waals surface area contributed by atoms with E-state index in [0.717, 1.165) is 29.3 Å². The van der Waals surface area contributed by atoms with Crippen LogP contribution >= 0.6 is 11.6 Å². The zero-order valence-corrected chi connectivity index (χ0v) is 17.7. The topological polar surface area (TPSA) is 62.7 Å². The van der Waals surface area contributed by atoms with Crippen LogP contribution < -0.4 is 4.90 Å². The Hall–Kier alpha value is -2.72. The molecule has 0 radical (unpaired) electrons. The number of aromatic nitrogens is 1. The molecule has 1 fully saturated rings. The summed E-state index contributed by atoms with van der Waals surface area (Å²) >= 11 is 5.68. The summed E-state index contributed by atoms with van der Waals surface area (Å²) in [4.78, 5) is 30.7. The van der Waals surface area contributed by atoms with Crippen LogP contribution in [0.2, 0.25) is 5.02 Å². The molecule has 1 aliphatic rings. The molecular weight excluding hydrogens is 454 g/mol. The maximum atomic E-state index is 14.2. The predicted octanol–water partition coefficient (Wildman–Crippen LogP) is 3.92. The number of rotatable bonds is 8. The fraction of sp³-hybridized carbons (Fsp3) is 0.381. The number of ether oxygens (including phenoxy) is 1. The minimum atomic E-state index is -4.47. The van der Waals surface area contributed by atoms with E-state index < -0.39 is 30.0 Å². The van der Waals surface area contributed by atoms with E-state index >= 15 is 0 Å². The van der Waals surface area contributed by atoms with E-state index in [4.69, 9.17) is 16.3 Å². The van der Waals surface area contributed by atoms with Gasteiger partial charge in [0.15, 0.2) is 11.6 Å². The zero-order valence-electron chi connectivity index (χ0n) is 17.0. The first-order valence-electron chi connectivity index (χ1n) is 9.66. The molecule has 32 heavy (non-hydrogen) atoms. The maximum absolute atomic E-state index is 14.2. The molecule has 0 saturated carbocycles. The van der Waals surface area contributed by atoms with Crippen LogP contribution in [0.15, 0.2) is 36.5 Å². The van der Waals surface area contributed by atoms with Crippen molar-refractivity contribution in [3.05, 3.63) is 58.5 Å². The molecule has 3 rings (SSSR count). The minimum absolute atomic E-state index is 0.0118. The van der Waals surface area contributed by atoms with Gasteiger partial charge in [0.05, 0.1) is 23.8 Å². The largest absolute Gasteiger partial charge is 0.416 e. The molecule has 1 aromatic heterocycles. The van der Waals surface area contributed by atoms with E-state index in [1.54, 1.807) is 6.92 Å². The third kappa shape index (κ3) is 5.55. The lowest BCUT2D eigenvalue weighted by Crippen LogP contribution is -2.51. The van der Waals surface area contributed by atoms with Crippen LogP contribution in [0.5, 0.6) is 0 Å². The first-order chi connectivity index (χ1) is 15.1. The van der Waals surface area contributed by atoms with Gasteiger partial charge in [-0.05, 0) is 30.7 Å². The average molecular weight is 474 g/mol. The van der Waals surface area contributed by atoms with Gasteiger partial charge >= 0.3 is 6.18 Å². The molecule has 0 aliphatic carbocycles. The maximum Gasteiger partial charge on any atom is 0.416 e. The van der Waals surface area contributed by atoms with Crippen LogP contribution in [0.4, 0.5) is 23.4 Å². The van der Waals surface area contributed by atoms with E-state index in [9.17, 15) is 27.2 Å². The van der Waals surface area contributed by atoms with Crippen molar-refractivity contribution in [2.75, 3.05) is 24.7 Å². The SMILES string of the molecule is CC(C1COC1)N(Cc1ccc(C(F)(F)F)cc1)C(=O)CN(C=O)c1ncc(Cl)cc1F. The Kier molecular flexibility index (Phi) is 7.35. The molecule has 172 valence electrons. The Labute approximate surface area is 186 Å². The first kappa shape index (κ1) is 23.9. The number of halogens is 5. The number of pyridine rings is 1. The normalized spacial score (nSPS) is 15.1. The number of anilines is 1. The summed E-state index contributed by atoms with van der Waals surface area (Å²) < 4.78 is 57.9. The number of hydrogen-bond donors (Lipinski definition) is 0. The number of alkyl halides is 3. The summed E-state index contributed by atoms with van der Waals surface area (Å²) in [6.07, 6.45) is -3.04. The molecule has 2 heterocycles. The van der Waals surface area contributed by atoms with Crippen LogP contribution in [0.3, 0.4) is 0 Å². The molecule has 2 aromatic rings. The van der Waals surface area contributed by atoms with E-state index in [2.05, 4.69) is 4.98 Å². The highest BCUT2D eigenvalue weighted by Gasteiger charge is 2.34. The van der Waals surface area contributed by atoms with Gasteiger partial charge in [0.1, 0.15) is 6.54 Å². The fourth-order valence-corrected chi connectivity index (χ4v) is 3.40. The molecule has 11 heteroatoms. The molecule has 6 nitrogen and oxygen atoms in total. The number of amides is 2. The smallest absolute Gasteiger partial charge is 0.381 e. The molecule has 2 amide bonds. The molecule has 0 spiro atoms. The average Bonchev–Trinajstić information content (AvgIpc) is 2.68. The fourth-order valence-electron chi connectivity index (χ4n) is 3.26. The van der Waals surface area contributed by atoms with Crippen molar-refractivity contribution in [3.8, 4) is 0 Å². The summed E-state index contributed by atoms with van der Waals surface area (Å²) in [5.74, 6) is -1.71. The molecule has 1 aliphatic heterocycles. The van der Waals surface area contributed by atoms with E-state index in [0.29, 0.717) is 18.8 Å². The van der Waals surface area contributed by atoms with Gasteiger partial charge in [-0.2, -0.15) is 13.2 Å². The van der Waals surface area contributed by atoms with Crippen LogP contribution in [-0.4, -0.2) is 48.0 Å². The Bertz CT molecular complexity index is 968. The molecule has 1 aromatic carbocycles. The Morgan fingerprint density at radius 3 is 2.47 bits per heavy atom. The Morgan fingerprint density at radius 2 is 1.97 bits per heavy atom. The lowest BCUT2D eigenvalue weighted by atomic mass is 9.97. The highest BCUT2D eigenvalue weighted by atomic mass is 35.5. The monoisotopic (exact) mass is 473 g/mol. The molecule has 1 saturated heterocycles. The van der Waals surface area contributed by atoms with Gasteiger partial charge in [0, 0.05) is 24.7 Å². The summed E-state index contributed by atoms with van der Waals surface area (Å²) in [5, 5.41) is 0.0333. The minimum Gasteiger partial charge on any atom is -0.381 e. The van der Waals surface area contributed by atoms with Crippen molar-refractivity contribution in [1.82, 2.24) is 9.88 Å². The second-order valence-electron chi connectivity index (χ2n) is 7.45. The van der Waals surface area contributed by atoms with Gasteiger partial charge in [-0.1, -0.05) is 23.7 Å².